The second-order valence-corrected chi connectivity index (χ2v) is 2.80. The minimum Gasteiger partial charge on any atom is -0.396 e. The SMILES string of the molecule is CCON=CC[P+](=O)OC. The predicted octanol–water partition coefficient (Wildman–Crippen LogP) is 1.40. The molecule has 0 saturated heterocycles. The van der Waals surface area contributed by atoms with Gasteiger partial charge in [-0.05, 0) is 11.5 Å². The first kappa shape index (κ1) is 9.53. The highest BCUT2D eigenvalue weighted by molar-refractivity contribution is 7.40. The lowest BCUT2D eigenvalue weighted by Gasteiger charge is -1.85. The molecule has 0 aromatic carbocycles. The third-order valence-corrected chi connectivity index (χ3v) is 1.58. The molecule has 0 saturated carbocycles. The van der Waals surface area contributed by atoms with E-state index in [1.54, 1.807) is 0 Å². The van der Waals surface area contributed by atoms with Crippen molar-refractivity contribution in [1.82, 2.24) is 0 Å². The summed E-state index contributed by atoms with van der Waals surface area (Å²) in [5.41, 5.74) is 0. The first-order valence-corrected chi connectivity index (χ1v) is 4.30. The molecule has 1 atom stereocenters. The van der Waals surface area contributed by atoms with Crippen molar-refractivity contribution in [2.24, 2.45) is 5.16 Å². The molecule has 1 unspecified atom stereocenters. The molecule has 0 amide bonds. The van der Waals surface area contributed by atoms with E-state index >= 15 is 0 Å². The summed E-state index contributed by atoms with van der Waals surface area (Å²) >= 11 is 0. The van der Waals surface area contributed by atoms with Crippen LogP contribution in [0, 0.1) is 0 Å². The largest absolute Gasteiger partial charge is 0.513 e. The minimum atomic E-state index is -1.57. The Labute approximate surface area is 61.1 Å². The van der Waals surface area contributed by atoms with E-state index in [0.29, 0.717) is 12.8 Å². The van der Waals surface area contributed by atoms with Crippen LogP contribution >= 0.6 is 8.03 Å². The minimum absolute atomic E-state index is 0.311. The molecule has 0 N–H and O–H groups in total. The zero-order chi connectivity index (χ0) is 7.82. The van der Waals surface area contributed by atoms with Gasteiger partial charge in [0.15, 0.2) is 0 Å². The summed E-state index contributed by atoms with van der Waals surface area (Å²) in [5.74, 6) is 0. The third kappa shape index (κ3) is 5.66. The third-order valence-electron chi connectivity index (χ3n) is 0.713. The highest BCUT2D eigenvalue weighted by Crippen LogP contribution is 2.17. The number of rotatable bonds is 5. The van der Waals surface area contributed by atoms with Gasteiger partial charge >= 0.3 is 8.03 Å². The van der Waals surface area contributed by atoms with Gasteiger partial charge in [0, 0.05) is 0 Å². The maximum atomic E-state index is 10.6. The highest BCUT2D eigenvalue weighted by atomic mass is 31.1. The van der Waals surface area contributed by atoms with Crippen LogP contribution in [0.5, 0.6) is 0 Å². The van der Waals surface area contributed by atoms with Crippen molar-refractivity contribution < 1.29 is 13.9 Å². The summed E-state index contributed by atoms with van der Waals surface area (Å²) in [6.07, 6.45) is 1.75. The van der Waals surface area contributed by atoms with Crippen LogP contribution < -0.4 is 0 Å². The first-order chi connectivity index (χ1) is 4.81. The maximum absolute atomic E-state index is 10.6. The number of hydrogen-bond acceptors (Lipinski definition) is 4. The molecule has 0 aromatic rings. The molecule has 0 aliphatic heterocycles. The van der Waals surface area contributed by atoms with Gasteiger partial charge in [-0.15, -0.1) is 4.52 Å². The lowest BCUT2D eigenvalue weighted by Crippen LogP contribution is -1.84. The monoisotopic (exact) mass is 164 g/mol. The van der Waals surface area contributed by atoms with Crippen LogP contribution in [0.25, 0.3) is 0 Å². The van der Waals surface area contributed by atoms with E-state index in [1.165, 1.54) is 13.3 Å². The Bertz CT molecular complexity index is 126. The van der Waals surface area contributed by atoms with Gasteiger partial charge in [-0.25, -0.2) is 0 Å². The van der Waals surface area contributed by atoms with Crippen molar-refractivity contribution in [2.75, 3.05) is 19.9 Å². The van der Waals surface area contributed by atoms with E-state index in [0.717, 1.165) is 0 Å². The van der Waals surface area contributed by atoms with Gasteiger partial charge in [0.2, 0.25) is 6.16 Å². The molecule has 0 fully saturated rings. The predicted molar refractivity (Wildman–Crippen MR) is 39.6 cm³/mol. The Morgan fingerprint density at radius 1 is 1.70 bits per heavy atom. The lowest BCUT2D eigenvalue weighted by atomic mass is 10.9. The van der Waals surface area contributed by atoms with E-state index < -0.39 is 8.03 Å². The van der Waals surface area contributed by atoms with Gasteiger partial charge < -0.3 is 4.84 Å². The van der Waals surface area contributed by atoms with Crippen molar-refractivity contribution >= 4 is 14.2 Å². The van der Waals surface area contributed by atoms with E-state index in [2.05, 4.69) is 14.5 Å². The Morgan fingerprint density at radius 3 is 2.90 bits per heavy atom. The quantitative estimate of drug-likeness (QED) is 0.350. The molecule has 0 aromatic heterocycles. The summed E-state index contributed by atoms with van der Waals surface area (Å²) in [6, 6.07) is 0. The highest BCUT2D eigenvalue weighted by Gasteiger charge is 2.10. The summed E-state index contributed by atoms with van der Waals surface area (Å²) in [5, 5.41) is 3.49. The fourth-order valence-electron chi connectivity index (χ4n) is 0.302. The summed E-state index contributed by atoms with van der Waals surface area (Å²) in [6.45, 7) is 2.36. The zero-order valence-electron chi connectivity index (χ0n) is 6.11. The molecule has 0 aliphatic carbocycles. The van der Waals surface area contributed by atoms with Gasteiger partial charge in [-0.3, -0.25) is 0 Å². The van der Waals surface area contributed by atoms with Crippen LogP contribution in [0.2, 0.25) is 0 Å². The van der Waals surface area contributed by atoms with Gasteiger partial charge in [0.25, 0.3) is 0 Å². The van der Waals surface area contributed by atoms with Crippen LogP contribution in [-0.4, -0.2) is 26.1 Å². The molecule has 0 heterocycles. The van der Waals surface area contributed by atoms with Crippen LogP contribution in [0.4, 0.5) is 0 Å². The topological polar surface area (TPSA) is 47.9 Å². The molecule has 5 heteroatoms. The Hall–Kier alpha value is -0.470. The van der Waals surface area contributed by atoms with Gasteiger partial charge in [-0.1, -0.05) is 5.16 Å². The lowest BCUT2D eigenvalue weighted by molar-refractivity contribution is 0.160. The first-order valence-electron chi connectivity index (χ1n) is 2.93. The summed E-state index contributed by atoms with van der Waals surface area (Å²) < 4.78 is 15.0. The molecule has 0 bridgehead atoms. The zero-order valence-corrected chi connectivity index (χ0v) is 7.01. The average molecular weight is 164 g/mol. The van der Waals surface area contributed by atoms with Crippen LogP contribution in [0.15, 0.2) is 5.16 Å². The molecule has 0 spiro atoms. The van der Waals surface area contributed by atoms with Crippen LogP contribution in [0.1, 0.15) is 6.92 Å². The number of hydrogen-bond donors (Lipinski definition) is 0. The average Bonchev–Trinajstić information content (AvgIpc) is 1.98. The Morgan fingerprint density at radius 2 is 2.40 bits per heavy atom. The van der Waals surface area contributed by atoms with Gasteiger partial charge in [0.05, 0.1) is 13.3 Å². The fourth-order valence-corrected chi connectivity index (χ4v) is 0.651. The molecular weight excluding hydrogens is 153 g/mol. The second-order valence-electron chi connectivity index (χ2n) is 1.40. The molecule has 0 rings (SSSR count). The second kappa shape index (κ2) is 6.65. The van der Waals surface area contributed by atoms with Crippen molar-refractivity contribution in [3.8, 4) is 0 Å². The van der Waals surface area contributed by atoms with Gasteiger partial charge in [0.1, 0.15) is 6.61 Å². The van der Waals surface area contributed by atoms with E-state index in [9.17, 15) is 4.57 Å². The van der Waals surface area contributed by atoms with Crippen LogP contribution in [-0.2, 0) is 13.9 Å². The van der Waals surface area contributed by atoms with E-state index in [4.69, 9.17) is 0 Å². The molecular formula is C5H11NO3P+. The summed E-state index contributed by atoms with van der Waals surface area (Å²) in [4.78, 5) is 4.61. The molecule has 10 heavy (non-hydrogen) atoms. The Kier molecular flexibility index (Phi) is 6.33. The standard InChI is InChI=1S/C5H11NO3P/c1-3-9-6-4-5-10(7)8-2/h4H,3,5H2,1-2H3/q+1. The van der Waals surface area contributed by atoms with Crippen molar-refractivity contribution in [3.63, 3.8) is 0 Å². The summed E-state index contributed by atoms with van der Waals surface area (Å²) in [7, 11) is -0.178. The van der Waals surface area contributed by atoms with E-state index in [1.807, 2.05) is 6.92 Å². The number of oxime groups is 1. The van der Waals surface area contributed by atoms with Crippen molar-refractivity contribution in [2.45, 2.75) is 6.92 Å². The molecule has 4 nitrogen and oxygen atoms in total. The maximum Gasteiger partial charge on any atom is 0.513 e. The van der Waals surface area contributed by atoms with Gasteiger partial charge in [-0.2, -0.15) is 0 Å². The molecule has 0 radical (unpaired) electrons. The normalized spacial score (nSPS) is 12.0. The van der Waals surface area contributed by atoms with Crippen molar-refractivity contribution in [1.29, 1.82) is 0 Å². The molecule has 0 aliphatic rings. The van der Waals surface area contributed by atoms with Crippen LogP contribution in [0.3, 0.4) is 0 Å². The van der Waals surface area contributed by atoms with E-state index in [-0.39, 0.29) is 0 Å². The number of nitrogens with zero attached hydrogens (tertiary/aromatic N) is 1. The fraction of sp³-hybridized carbons (Fsp3) is 0.800. The smallest absolute Gasteiger partial charge is 0.396 e. The van der Waals surface area contributed by atoms with Crippen molar-refractivity contribution in [3.05, 3.63) is 0 Å². The Balaban J connectivity index is 3.25. The molecule has 58 valence electrons.